The number of pyridine rings is 2. The molecule has 6 rings (SSSR count). The number of esters is 1. The SMILES string of the molecule is CC[C@@]1(OC(=O)OCc2ccc(NC(=O)[C@H](CCCN=C(N)N)NC(=O)[C@@H](NC(=O)CCC(=O)O)C(C)C)cc2)CC(=O)OCc2c1cc1n(c2=O)Cc2cc3cc(F)c(F)cc3nc2-1. The van der Waals surface area contributed by atoms with Gasteiger partial charge >= 0.3 is 18.1 Å². The summed E-state index contributed by atoms with van der Waals surface area (Å²) in [6, 6.07) is 9.20. The van der Waals surface area contributed by atoms with Crippen molar-refractivity contribution in [3.05, 3.63) is 92.8 Å². The molecule has 3 amide bonds. The van der Waals surface area contributed by atoms with Gasteiger partial charge in [0.1, 0.15) is 25.3 Å². The molecule has 0 unspecified atom stereocenters. The molecule has 3 atom stereocenters. The molecule has 2 aromatic heterocycles. The summed E-state index contributed by atoms with van der Waals surface area (Å²) in [6.45, 7) is 4.54. The average molecular weight is 903 g/mol. The van der Waals surface area contributed by atoms with E-state index in [0.29, 0.717) is 40.0 Å². The maximum atomic E-state index is 14.2. The lowest BCUT2D eigenvalue weighted by Crippen LogP contribution is -2.54. The number of rotatable bonds is 17. The maximum Gasteiger partial charge on any atom is 0.509 e. The molecular formula is C44H48F2N8O11. The Morgan fingerprint density at radius 2 is 1.72 bits per heavy atom. The summed E-state index contributed by atoms with van der Waals surface area (Å²) < 4.78 is 46.4. The number of benzene rings is 2. The molecule has 2 aliphatic rings. The minimum atomic E-state index is -1.70. The fourth-order valence-corrected chi connectivity index (χ4v) is 7.60. The predicted octanol–water partition coefficient (Wildman–Crippen LogP) is 3.59. The zero-order chi connectivity index (χ0) is 47.2. The average Bonchev–Trinajstić information content (AvgIpc) is 3.54. The molecular weight excluding hydrogens is 855 g/mol. The van der Waals surface area contributed by atoms with Gasteiger partial charge in [0.15, 0.2) is 23.2 Å². The van der Waals surface area contributed by atoms with Crippen LogP contribution in [0, 0.1) is 17.6 Å². The molecule has 0 fully saturated rings. The number of amides is 3. The molecule has 2 aromatic carbocycles. The molecule has 0 saturated carbocycles. The Kier molecular flexibility index (Phi) is 14.4. The summed E-state index contributed by atoms with van der Waals surface area (Å²) in [7, 11) is 0. The topological polar surface area (TPSA) is 286 Å². The largest absolute Gasteiger partial charge is 0.509 e. The van der Waals surface area contributed by atoms with Gasteiger partial charge in [-0.2, -0.15) is 0 Å². The van der Waals surface area contributed by atoms with E-state index < -0.39 is 96.1 Å². The number of cyclic esters (lactones) is 1. The van der Waals surface area contributed by atoms with Crippen molar-refractivity contribution in [2.45, 2.75) is 96.7 Å². The monoisotopic (exact) mass is 902 g/mol. The summed E-state index contributed by atoms with van der Waals surface area (Å²) in [5, 5.41) is 17.2. The van der Waals surface area contributed by atoms with Gasteiger partial charge < -0.3 is 51.3 Å². The van der Waals surface area contributed by atoms with Crippen molar-refractivity contribution in [1.29, 1.82) is 0 Å². The number of aliphatic carboxylic acids is 1. The molecule has 4 aromatic rings. The molecule has 4 heterocycles. The molecule has 19 nitrogen and oxygen atoms in total. The van der Waals surface area contributed by atoms with Crippen LogP contribution in [0.3, 0.4) is 0 Å². The number of hydrogen-bond donors (Lipinski definition) is 6. The molecule has 8 N–H and O–H groups in total. The molecule has 0 aliphatic carbocycles. The number of aromatic nitrogens is 2. The number of carbonyl (C=O) groups is 6. The summed E-state index contributed by atoms with van der Waals surface area (Å²) in [5.41, 5.74) is 11.1. The van der Waals surface area contributed by atoms with E-state index in [9.17, 15) is 42.3 Å². The molecule has 2 aliphatic heterocycles. The number of aliphatic imine (C=N–C) groups is 1. The van der Waals surface area contributed by atoms with Gasteiger partial charge in [-0.05, 0) is 61.1 Å². The van der Waals surface area contributed by atoms with E-state index >= 15 is 0 Å². The normalized spacial score (nSPS) is 15.9. The number of hydrogen-bond acceptors (Lipinski definition) is 12. The highest BCUT2D eigenvalue weighted by Gasteiger charge is 2.45. The van der Waals surface area contributed by atoms with Crippen molar-refractivity contribution in [1.82, 2.24) is 20.2 Å². The second kappa shape index (κ2) is 19.9. The third kappa shape index (κ3) is 11.0. The van der Waals surface area contributed by atoms with Gasteiger partial charge in [-0.15, -0.1) is 0 Å². The van der Waals surface area contributed by atoms with E-state index in [2.05, 4.69) is 25.9 Å². The van der Waals surface area contributed by atoms with Crippen molar-refractivity contribution in [3.63, 3.8) is 0 Å². The van der Waals surface area contributed by atoms with E-state index in [-0.39, 0.29) is 61.6 Å². The first-order chi connectivity index (χ1) is 30.9. The standard InChI is InChI=1S/C44H48F2N8O11/c1-4-44(18-36(58)63-21-27-28(44)16-33-38-25(19-54(33)41(27)61)14-24-15-29(45)30(46)17-32(24)51-38)65-43(62)64-20-23-7-9-26(10-8-23)50-39(59)31(6-5-13-49-42(47)48)52-40(60)37(22(2)3)53-34(55)11-12-35(56)57/h7-10,14-17,22,31,37H,4-6,11-13,18-21H2,1-3H3,(H,50,59)(H,52,60)(H,53,55)(H,56,57)(H4,47,48,49)/t31-,37-,44+/m0/s1. The van der Waals surface area contributed by atoms with E-state index in [1.165, 1.54) is 16.7 Å². The Bertz CT molecular complexity index is 2630. The fourth-order valence-electron chi connectivity index (χ4n) is 7.60. The van der Waals surface area contributed by atoms with Crippen molar-refractivity contribution < 1.29 is 56.9 Å². The molecule has 344 valence electrons. The minimum Gasteiger partial charge on any atom is -0.481 e. The Labute approximate surface area is 369 Å². The Balaban J connectivity index is 1.14. The third-order valence-corrected chi connectivity index (χ3v) is 11.0. The quantitative estimate of drug-likeness (QED) is 0.0337. The Hall–Kier alpha value is -7.45. The van der Waals surface area contributed by atoms with Crippen LogP contribution in [0.25, 0.3) is 22.3 Å². The van der Waals surface area contributed by atoms with E-state index in [1.807, 2.05) is 0 Å². The fraction of sp³-hybridized carbons (Fsp3) is 0.386. The Morgan fingerprint density at radius 1 is 1.00 bits per heavy atom. The van der Waals surface area contributed by atoms with Crippen molar-refractivity contribution in [2.24, 2.45) is 22.4 Å². The van der Waals surface area contributed by atoms with Gasteiger partial charge in [0.2, 0.25) is 17.7 Å². The Morgan fingerprint density at radius 3 is 2.40 bits per heavy atom. The van der Waals surface area contributed by atoms with E-state index in [4.69, 9.17) is 30.8 Å². The first-order valence-electron chi connectivity index (χ1n) is 20.7. The van der Waals surface area contributed by atoms with Crippen molar-refractivity contribution in [3.8, 4) is 11.4 Å². The lowest BCUT2D eigenvalue weighted by molar-refractivity contribution is -0.150. The zero-order valence-electron chi connectivity index (χ0n) is 35.7. The number of nitrogens with one attached hydrogen (secondary N) is 3. The molecule has 65 heavy (non-hydrogen) atoms. The predicted molar refractivity (Wildman–Crippen MR) is 229 cm³/mol. The lowest BCUT2D eigenvalue weighted by Gasteiger charge is -2.31. The highest BCUT2D eigenvalue weighted by atomic mass is 19.2. The number of nitrogens with zero attached hydrogens (tertiary/aromatic N) is 3. The summed E-state index contributed by atoms with van der Waals surface area (Å²) in [6.07, 6.45) is -1.95. The summed E-state index contributed by atoms with van der Waals surface area (Å²) in [5.74, 6) is -6.51. The highest BCUT2D eigenvalue weighted by Crippen LogP contribution is 2.42. The zero-order valence-corrected chi connectivity index (χ0v) is 35.7. The minimum absolute atomic E-state index is 0.0271. The summed E-state index contributed by atoms with van der Waals surface area (Å²) in [4.78, 5) is 99.0. The first kappa shape index (κ1) is 47.0. The van der Waals surface area contributed by atoms with Crippen LogP contribution in [0.5, 0.6) is 0 Å². The molecule has 0 spiro atoms. The number of halogens is 2. The smallest absolute Gasteiger partial charge is 0.481 e. The van der Waals surface area contributed by atoms with Gasteiger partial charge in [0, 0.05) is 41.2 Å². The molecule has 0 bridgehead atoms. The maximum absolute atomic E-state index is 14.2. The number of fused-ring (bicyclic) bond motifs is 5. The third-order valence-electron chi connectivity index (χ3n) is 11.0. The number of nitrogens with two attached hydrogens (primary N) is 2. The van der Waals surface area contributed by atoms with Gasteiger partial charge in [-0.1, -0.05) is 32.9 Å². The number of carboxylic acids is 1. The highest BCUT2D eigenvalue weighted by molar-refractivity contribution is 5.98. The van der Waals surface area contributed by atoms with E-state index in [0.717, 1.165) is 12.1 Å². The van der Waals surface area contributed by atoms with Gasteiger partial charge in [-0.3, -0.25) is 33.8 Å². The van der Waals surface area contributed by atoms with Crippen LogP contribution in [-0.2, 0) is 63.5 Å². The number of anilines is 1. The number of carbonyl (C=O) groups excluding carboxylic acids is 5. The van der Waals surface area contributed by atoms with Gasteiger partial charge in [-0.25, -0.2) is 18.6 Å². The molecule has 0 radical (unpaired) electrons. The second-order valence-electron chi connectivity index (χ2n) is 16.0. The van der Waals surface area contributed by atoms with Crippen LogP contribution in [0.2, 0.25) is 0 Å². The summed E-state index contributed by atoms with van der Waals surface area (Å²) >= 11 is 0. The van der Waals surface area contributed by atoms with Crippen LogP contribution in [-0.4, -0.2) is 75.1 Å². The lowest BCUT2D eigenvalue weighted by atomic mass is 9.85. The van der Waals surface area contributed by atoms with Crippen molar-refractivity contribution in [2.75, 3.05) is 11.9 Å². The number of guanidine groups is 1. The van der Waals surface area contributed by atoms with Crippen molar-refractivity contribution >= 4 is 58.4 Å². The van der Waals surface area contributed by atoms with Crippen LogP contribution in [0.15, 0.2) is 58.3 Å². The van der Waals surface area contributed by atoms with Gasteiger partial charge in [0.25, 0.3) is 5.56 Å². The first-order valence-corrected chi connectivity index (χ1v) is 20.7. The number of carboxylic acid groups (broad SMARTS) is 1. The number of ether oxygens (including phenoxy) is 3. The van der Waals surface area contributed by atoms with Gasteiger partial charge in [0.05, 0.1) is 41.9 Å². The van der Waals surface area contributed by atoms with Crippen LogP contribution in [0.1, 0.15) is 81.5 Å². The van der Waals surface area contributed by atoms with Crippen LogP contribution >= 0.6 is 0 Å². The van der Waals surface area contributed by atoms with Crippen LogP contribution in [0.4, 0.5) is 19.3 Å². The van der Waals surface area contributed by atoms with Crippen LogP contribution < -0.4 is 33.0 Å². The second-order valence-corrected chi connectivity index (χ2v) is 16.0. The molecule has 21 heteroatoms. The molecule has 0 saturated heterocycles. The van der Waals surface area contributed by atoms with E-state index in [1.54, 1.807) is 45.0 Å².